The fourth-order valence-corrected chi connectivity index (χ4v) is 2.54. The van der Waals surface area contributed by atoms with Crippen molar-refractivity contribution in [2.45, 2.75) is 25.9 Å². The number of aryl methyl sites for hydroxylation is 1. The second-order valence-electron chi connectivity index (χ2n) is 5.11. The van der Waals surface area contributed by atoms with Gasteiger partial charge in [0, 0.05) is 24.7 Å². The Morgan fingerprint density at radius 3 is 3.05 bits per heavy atom. The number of aliphatic carboxylic acids is 1. The minimum atomic E-state index is -0.790. The van der Waals surface area contributed by atoms with Gasteiger partial charge in [0.15, 0.2) is 0 Å². The maximum atomic E-state index is 10.9. The maximum absolute atomic E-state index is 10.9. The van der Waals surface area contributed by atoms with Crippen LogP contribution in [0.25, 0.3) is 0 Å². The van der Waals surface area contributed by atoms with Gasteiger partial charge < -0.3 is 14.6 Å². The molecular weight excluding hydrogens is 258 g/mol. The van der Waals surface area contributed by atoms with Crippen LogP contribution < -0.4 is 4.74 Å². The number of methoxy groups -OCH3 is 1. The molecule has 1 aromatic carbocycles. The average Bonchev–Trinajstić information content (AvgIpc) is 2.41. The van der Waals surface area contributed by atoms with E-state index in [1.54, 1.807) is 7.11 Å². The smallest absolute Gasteiger partial charge is 0.305 e. The molecule has 1 heterocycles. The van der Waals surface area contributed by atoms with Gasteiger partial charge in [0.25, 0.3) is 0 Å². The summed E-state index contributed by atoms with van der Waals surface area (Å²) in [4.78, 5) is 13.1. The molecule has 1 aliphatic rings. The first-order valence-corrected chi connectivity index (χ1v) is 6.77. The summed E-state index contributed by atoms with van der Waals surface area (Å²) < 4.78 is 10.8. The topological polar surface area (TPSA) is 59.0 Å². The van der Waals surface area contributed by atoms with E-state index in [1.807, 2.05) is 19.1 Å². The lowest BCUT2D eigenvalue weighted by Crippen LogP contribution is -2.45. The Labute approximate surface area is 119 Å². The first-order valence-electron chi connectivity index (χ1n) is 6.77. The van der Waals surface area contributed by atoms with E-state index in [4.69, 9.17) is 14.6 Å². The monoisotopic (exact) mass is 279 g/mol. The zero-order valence-corrected chi connectivity index (χ0v) is 12.0. The number of benzene rings is 1. The van der Waals surface area contributed by atoms with Crippen molar-refractivity contribution in [3.63, 3.8) is 0 Å². The number of hydrogen-bond acceptors (Lipinski definition) is 4. The number of carboxylic acids is 1. The molecule has 1 atom stereocenters. The van der Waals surface area contributed by atoms with Crippen molar-refractivity contribution in [3.8, 4) is 5.75 Å². The molecule has 0 aliphatic carbocycles. The van der Waals surface area contributed by atoms with Crippen molar-refractivity contribution in [1.29, 1.82) is 0 Å². The molecule has 5 heteroatoms. The van der Waals surface area contributed by atoms with Gasteiger partial charge in [0.05, 0.1) is 26.7 Å². The Hall–Kier alpha value is -1.59. The molecule has 110 valence electrons. The molecule has 1 fully saturated rings. The standard InChI is InChI=1S/C15H21NO4/c1-11-3-4-14(19-2)12(7-11)9-16-5-6-20-10-13(16)8-15(17)18/h3-4,7,13H,5-6,8-10H2,1-2H3,(H,17,18). The van der Waals surface area contributed by atoms with E-state index in [1.165, 1.54) is 5.56 Å². The van der Waals surface area contributed by atoms with E-state index >= 15 is 0 Å². The van der Waals surface area contributed by atoms with Crippen LogP contribution in [0.3, 0.4) is 0 Å². The molecule has 0 radical (unpaired) electrons. The average molecular weight is 279 g/mol. The van der Waals surface area contributed by atoms with Crippen molar-refractivity contribution >= 4 is 5.97 Å². The molecular formula is C15H21NO4. The maximum Gasteiger partial charge on any atom is 0.305 e. The molecule has 0 saturated carbocycles. The first kappa shape index (κ1) is 14.8. The van der Waals surface area contributed by atoms with Gasteiger partial charge in [-0.05, 0) is 13.0 Å². The highest BCUT2D eigenvalue weighted by Crippen LogP contribution is 2.23. The second-order valence-corrected chi connectivity index (χ2v) is 5.11. The van der Waals surface area contributed by atoms with E-state index < -0.39 is 5.97 Å². The first-order chi connectivity index (χ1) is 9.60. The van der Waals surface area contributed by atoms with Crippen LogP contribution in [0.4, 0.5) is 0 Å². The van der Waals surface area contributed by atoms with Crippen LogP contribution in [0.2, 0.25) is 0 Å². The minimum Gasteiger partial charge on any atom is -0.496 e. The third kappa shape index (κ3) is 3.71. The van der Waals surface area contributed by atoms with Crippen molar-refractivity contribution < 1.29 is 19.4 Å². The SMILES string of the molecule is COc1ccc(C)cc1CN1CCOCC1CC(=O)O. The Balaban J connectivity index is 2.13. The van der Waals surface area contributed by atoms with Crippen LogP contribution in [0.1, 0.15) is 17.5 Å². The van der Waals surface area contributed by atoms with E-state index in [0.29, 0.717) is 19.8 Å². The fourth-order valence-electron chi connectivity index (χ4n) is 2.54. The number of carboxylic acid groups (broad SMARTS) is 1. The highest BCUT2D eigenvalue weighted by Gasteiger charge is 2.26. The molecule has 1 N–H and O–H groups in total. The molecule has 1 aromatic rings. The normalized spacial score (nSPS) is 19.8. The van der Waals surface area contributed by atoms with Crippen LogP contribution >= 0.6 is 0 Å². The summed E-state index contributed by atoms with van der Waals surface area (Å²) in [6, 6.07) is 5.98. The van der Waals surface area contributed by atoms with Gasteiger partial charge in [0.1, 0.15) is 5.75 Å². The molecule has 1 unspecified atom stereocenters. The molecule has 0 spiro atoms. The third-order valence-corrected chi connectivity index (χ3v) is 3.57. The van der Waals surface area contributed by atoms with Crippen LogP contribution in [0, 0.1) is 6.92 Å². The van der Waals surface area contributed by atoms with Crippen molar-refractivity contribution in [3.05, 3.63) is 29.3 Å². The number of nitrogens with zero attached hydrogens (tertiary/aromatic N) is 1. The minimum absolute atomic E-state index is 0.0773. The summed E-state index contributed by atoms with van der Waals surface area (Å²) in [6.07, 6.45) is 0.105. The van der Waals surface area contributed by atoms with Gasteiger partial charge in [-0.3, -0.25) is 9.69 Å². The van der Waals surface area contributed by atoms with Crippen molar-refractivity contribution in [1.82, 2.24) is 4.90 Å². The van der Waals surface area contributed by atoms with Crippen molar-refractivity contribution in [2.75, 3.05) is 26.9 Å². The summed E-state index contributed by atoms with van der Waals surface area (Å²) in [6.45, 7) is 4.59. The highest BCUT2D eigenvalue weighted by molar-refractivity contribution is 5.67. The summed E-state index contributed by atoms with van der Waals surface area (Å²) in [5.41, 5.74) is 2.26. The zero-order valence-electron chi connectivity index (χ0n) is 12.0. The van der Waals surface area contributed by atoms with Gasteiger partial charge in [-0.2, -0.15) is 0 Å². The molecule has 2 rings (SSSR count). The number of carbonyl (C=O) groups is 1. The van der Waals surface area contributed by atoms with Crippen molar-refractivity contribution in [2.24, 2.45) is 0 Å². The molecule has 1 saturated heterocycles. The second kappa shape index (κ2) is 6.72. The summed E-state index contributed by atoms with van der Waals surface area (Å²) in [7, 11) is 1.65. The van der Waals surface area contributed by atoms with E-state index in [2.05, 4.69) is 11.0 Å². The molecule has 0 bridgehead atoms. The van der Waals surface area contributed by atoms with Gasteiger partial charge in [0.2, 0.25) is 0 Å². The lowest BCUT2D eigenvalue weighted by Gasteiger charge is -2.35. The lowest BCUT2D eigenvalue weighted by atomic mass is 10.1. The molecule has 20 heavy (non-hydrogen) atoms. The predicted octanol–water partition coefficient (Wildman–Crippen LogP) is 1.68. The number of hydrogen-bond donors (Lipinski definition) is 1. The molecule has 1 aliphatic heterocycles. The Bertz CT molecular complexity index is 475. The van der Waals surface area contributed by atoms with Crippen LogP contribution in [-0.4, -0.2) is 48.9 Å². The predicted molar refractivity (Wildman–Crippen MR) is 75.0 cm³/mol. The zero-order chi connectivity index (χ0) is 14.5. The van der Waals surface area contributed by atoms with Crippen LogP contribution in [0.15, 0.2) is 18.2 Å². The van der Waals surface area contributed by atoms with Crippen LogP contribution in [0.5, 0.6) is 5.75 Å². The molecule has 0 amide bonds. The van der Waals surface area contributed by atoms with Gasteiger partial charge in [-0.15, -0.1) is 0 Å². The quantitative estimate of drug-likeness (QED) is 0.888. The summed E-state index contributed by atoms with van der Waals surface area (Å²) in [5, 5.41) is 8.99. The van der Waals surface area contributed by atoms with E-state index in [-0.39, 0.29) is 12.5 Å². The van der Waals surface area contributed by atoms with E-state index in [9.17, 15) is 4.79 Å². The number of rotatable bonds is 5. The molecule has 5 nitrogen and oxygen atoms in total. The fraction of sp³-hybridized carbons (Fsp3) is 0.533. The van der Waals surface area contributed by atoms with Gasteiger partial charge in [-0.25, -0.2) is 0 Å². The number of ether oxygens (including phenoxy) is 2. The Morgan fingerprint density at radius 1 is 1.55 bits per heavy atom. The summed E-state index contributed by atoms with van der Waals surface area (Å²) in [5.74, 6) is 0.0536. The Morgan fingerprint density at radius 2 is 2.35 bits per heavy atom. The van der Waals surface area contributed by atoms with Gasteiger partial charge in [-0.1, -0.05) is 17.7 Å². The number of morpholine rings is 1. The van der Waals surface area contributed by atoms with Crippen LogP contribution in [-0.2, 0) is 16.1 Å². The highest BCUT2D eigenvalue weighted by atomic mass is 16.5. The lowest BCUT2D eigenvalue weighted by molar-refractivity contribution is -0.140. The van der Waals surface area contributed by atoms with Gasteiger partial charge >= 0.3 is 5.97 Å². The summed E-state index contributed by atoms with van der Waals surface area (Å²) >= 11 is 0. The van der Waals surface area contributed by atoms with E-state index in [0.717, 1.165) is 17.9 Å². The molecule has 0 aromatic heterocycles. The third-order valence-electron chi connectivity index (χ3n) is 3.57. The Kier molecular flexibility index (Phi) is 4.98. The largest absolute Gasteiger partial charge is 0.496 e.